The molecular weight excluding hydrogens is 257 g/mol. The molecule has 96 valence electrons. The topological polar surface area (TPSA) is 51.0 Å². The van der Waals surface area contributed by atoms with Gasteiger partial charge < -0.3 is 9.73 Å². The highest BCUT2D eigenvalue weighted by atomic mass is 35.5. The lowest BCUT2D eigenvalue weighted by Crippen LogP contribution is -2.05. The van der Waals surface area contributed by atoms with Crippen LogP contribution in [-0.4, -0.2) is 16.7 Å². The van der Waals surface area contributed by atoms with E-state index in [0.29, 0.717) is 18.5 Å². The molecule has 4 nitrogen and oxygen atoms in total. The summed E-state index contributed by atoms with van der Waals surface area (Å²) < 4.78 is 18.0. The van der Waals surface area contributed by atoms with E-state index < -0.39 is 0 Å². The van der Waals surface area contributed by atoms with Gasteiger partial charge in [-0.15, -0.1) is 16.7 Å². The maximum atomic E-state index is 12.7. The van der Waals surface area contributed by atoms with Crippen molar-refractivity contribution >= 4 is 17.6 Å². The highest BCUT2D eigenvalue weighted by Gasteiger charge is 2.10. The van der Waals surface area contributed by atoms with Crippen LogP contribution in [0.2, 0.25) is 0 Å². The number of halogens is 2. The summed E-state index contributed by atoms with van der Waals surface area (Å²) in [6.07, 6.45) is 0.744. The van der Waals surface area contributed by atoms with E-state index in [-0.39, 0.29) is 11.2 Å². The van der Waals surface area contributed by atoms with Crippen LogP contribution < -0.4 is 5.32 Å². The highest BCUT2D eigenvalue weighted by Crippen LogP contribution is 2.19. The third-order valence-corrected chi connectivity index (χ3v) is 2.57. The van der Waals surface area contributed by atoms with Gasteiger partial charge in [0.2, 0.25) is 5.89 Å². The van der Waals surface area contributed by atoms with Gasteiger partial charge in [-0.2, -0.15) is 0 Å². The minimum Gasteiger partial charge on any atom is -0.407 e. The molecule has 1 N–H and O–H groups in total. The number of aromatic nitrogens is 2. The second-order valence-corrected chi connectivity index (χ2v) is 4.52. The normalized spacial score (nSPS) is 12.4. The average molecular weight is 270 g/mol. The molecule has 0 saturated carbocycles. The first-order valence-corrected chi connectivity index (χ1v) is 6.04. The Balaban J connectivity index is 1.82. The minimum absolute atomic E-state index is 0.232. The summed E-state index contributed by atoms with van der Waals surface area (Å²) in [6.45, 7) is 2.39. The summed E-state index contributed by atoms with van der Waals surface area (Å²) in [5.41, 5.74) is 1.04. The monoisotopic (exact) mass is 269 g/mol. The summed E-state index contributed by atoms with van der Waals surface area (Å²) in [6, 6.07) is 6.72. The number of anilines is 1. The average Bonchev–Trinajstić information content (AvgIpc) is 2.81. The Kier molecular flexibility index (Phi) is 4.15. The van der Waals surface area contributed by atoms with Crippen molar-refractivity contribution in [2.75, 3.05) is 11.9 Å². The highest BCUT2D eigenvalue weighted by molar-refractivity contribution is 6.20. The molecule has 0 radical (unpaired) electrons. The Morgan fingerprint density at radius 3 is 2.67 bits per heavy atom. The van der Waals surface area contributed by atoms with E-state index in [9.17, 15) is 4.39 Å². The number of benzene rings is 1. The van der Waals surface area contributed by atoms with Crippen LogP contribution in [-0.2, 0) is 6.42 Å². The SMILES string of the molecule is CC(Cl)c1nnc(NCCc2ccc(F)cc2)o1. The lowest BCUT2D eigenvalue weighted by molar-refractivity contribution is 0.506. The van der Waals surface area contributed by atoms with Crippen LogP contribution in [0, 0.1) is 5.82 Å². The predicted molar refractivity (Wildman–Crippen MR) is 67.2 cm³/mol. The van der Waals surface area contributed by atoms with Crippen molar-refractivity contribution in [1.82, 2.24) is 10.2 Å². The smallest absolute Gasteiger partial charge is 0.315 e. The molecule has 0 saturated heterocycles. The molecule has 1 heterocycles. The van der Waals surface area contributed by atoms with Gasteiger partial charge in [0.05, 0.1) is 0 Å². The Morgan fingerprint density at radius 2 is 2.06 bits per heavy atom. The number of nitrogens with zero attached hydrogens (tertiary/aromatic N) is 2. The molecule has 1 aromatic heterocycles. The van der Waals surface area contributed by atoms with Crippen molar-refractivity contribution in [3.05, 3.63) is 41.5 Å². The lowest BCUT2D eigenvalue weighted by atomic mass is 10.1. The van der Waals surface area contributed by atoms with E-state index in [1.54, 1.807) is 19.1 Å². The zero-order valence-electron chi connectivity index (χ0n) is 9.86. The minimum atomic E-state index is -0.301. The number of nitrogens with one attached hydrogen (secondary N) is 1. The summed E-state index contributed by atoms with van der Waals surface area (Å²) in [5.74, 6) is 0.158. The van der Waals surface area contributed by atoms with Crippen LogP contribution in [0.25, 0.3) is 0 Å². The van der Waals surface area contributed by atoms with Crippen molar-refractivity contribution in [3.8, 4) is 0 Å². The fourth-order valence-corrected chi connectivity index (χ4v) is 1.52. The van der Waals surface area contributed by atoms with Gasteiger partial charge in [-0.1, -0.05) is 17.2 Å². The number of hydrogen-bond donors (Lipinski definition) is 1. The van der Waals surface area contributed by atoms with Crippen molar-refractivity contribution in [3.63, 3.8) is 0 Å². The molecule has 0 bridgehead atoms. The first kappa shape index (κ1) is 12.8. The van der Waals surface area contributed by atoms with E-state index in [1.807, 2.05) is 0 Å². The molecule has 0 amide bonds. The van der Waals surface area contributed by atoms with Crippen LogP contribution in [0.3, 0.4) is 0 Å². The van der Waals surface area contributed by atoms with Crippen molar-refractivity contribution in [2.45, 2.75) is 18.7 Å². The quantitative estimate of drug-likeness (QED) is 0.847. The zero-order valence-corrected chi connectivity index (χ0v) is 10.6. The molecule has 1 atom stereocenters. The molecule has 18 heavy (non-hydrogen) atoms. The van der Waals surface area contributed by atoms with Crippen LogP contribution in [0.15, 0.2) is 28.7 Å². The van der Waals surface area contributed by atoms with Gasteiger partial charge in [0.25, 0.3) is 0 Å². The fraction of sp³-hybridized carbons (Fsp3) is 0.333. The van der Waals surface area contributed by atoms with Gasteiger partial charge in [0.15, 0.2) is 0 Å². The molecule has 2 aromatic rings. The third-order valence-electron chi connectivity index (χ3n) is 2.38. The van der Waals surface area contributed by atoms with Crippen LogP contribution in [0.1, 0.15) is 23.8 Å². The summed E-state index contributed by atoms with van der Waals surface area (Å²) in [5, 5.41) is 10.3. The largest absolute Gasteiger partial charge is 0.407 e. The van der Waals surface area contributed by atoms with E-state index in [4.69, 9.17) is 16.0 Å². The number of rotatable bonds is 5. The van der Waals surface area contributed by atoms with Gasteiger partial charge in [0.1, 0.15) is 11.2 Å². The van der Waals surface area contributed by atoms with Crippen LogP contribution in [0.5, 0.6) is 0 Å². The molecule has 1 aromatic carbocycles. The molecule has 6 heteroatoms. The van der Waals surface area contributed by atoms with Gasteiger partial charge in [0, 0.05) is 6.54 Å². The summed E-state index contributed by atoms with van der Waals surface area (Å²) >= 11 is 5.80. The van der Waals surface area contributed by atoms with E-state index in [0.717, 1.165) is 12.0 Å². The number of hydrogen-bond acceptors (Lipinski definition) is 4. The Morgan fingerprint density at radius 1 is 1.33 bits per heavy atom. The van der Waals surface area contributed by atoms with Gasteiger partial charge >= 0.3 is 6.01 Å². The number of alkyl halides is 1. The van der Waals surface area contributed by atoms with Crippen molar-refractivity contribution in [2.24, 2.45) is 0 Å². The van der Waals surface area contributed by atoms with Crippen molar-refractivity contribution in [1.29, 1.82) is 0 Å². The first-order valence-electron chi connectivity index (χ1n) is 5.61. The maximum absolute atomic E-state index is 12.7. The standard InChI is InChI=1S/C12H13ClFN3O/c1-8(13)11-16-17-12(18-11)15-7-6-9-2-4-10(14)5-3-9/h2-5,8H,6-7H2,1H3,(H,15,17). The lowest BCUT2D eigenvalue weighted by Gasteiger charge is -2.01. The van der Waals surface area contributed by atoms with E-state index in [1.165, 1.54) is 12.1 Å². The van der Waals surface area contributed by atoms with Crippen LogP contribution in [0.4, 0.5) is 10.4 Å². The predicted octanol–water partition coefficient (Wildman–Crippen LogP) is 3.16. The second-order valence-electron chi connectivity index (χ2n) is 3.86. The van der Waals surface area contributed by atoms with Gasteiger partial charge in [-0.05, 0) is 31.0 Å². The Hall–Kier alpha value is -1.62. The molecule has 1 unspecified atom stereocenters. The molecule has 2 rings (SSSR count). The molecule has 0 aliphatic heterocycles. The molecule has 0 aliphatic carbocycles. The van der Waals surface area contributed by atoms with E-state index >= 15 is 0 Å². The van der Waals surface area contributed by atoms with Gasteiger partial charge in [-0.3, -0.25) is 0 Å². The summed E-state index contributed by atoms with van der Waals surface area (Å²) in [4.78, 5) is 0. The van der Waals surface area contributed by atoms with Crippen LogP contribution >= 0.6 is 11.6 Å². The Labute approximate surface area is 109 Å². The Bertz CT molecular complexity index is 498. The molecular formula is C12H13ClFN3O. The first-order chi connectivity index (χ1) is 8.65. The molecule has 0 aliphatic rings. The zero-order chi connectivity index (χ0) is 13.0. The third kappa shape index (κ3) is 3.43. The van der Waals surface area contributed by atoms with E-state index in [2.05, 4.69) is 15.5 Å². The fourth-order valence-electron chi connectivity index (χ4n) is 1.43. The second kappa shape index (κ2) is 5.82. The van der Waals surface area contributed by atoms with Crippen molar-refractivity contribution < 1.29 is 8.81 Å². The maximum Gasteiger partial charge on any atom is 0.315 e. The van der Waals surface area contributed by atoms with Gasteiger partial charge in [-0.25, -0.2) is 4.39 Å². The molecule has 0 fully saturated rings. The summed E-state index contributed by atoms with van der Waals surface area (Å²) in [7, 11) is 0. The molecule has 0 spiro atoms.